The molecule has 126 valence electrons. The second-order valence-electron chi connectivity index (χ2n) is 4.94. The van der Waals surface area contributed by atoms with Crippen molar-refractivity contribution >= 4 is 23.6 Å². The number of hydrogen-bond donors (Lipinski definition) is 1. The van der Waals surface area contributed by atoms with Gasteiger partial charge in [0.2, 0.25) is 0 Å². The summed E-state index contributed by atoms with van der Waals surface area (Å²) >= 11 is 0. The Labute approximate surface area is 144 Å². The van der Waals surface area contributed by atoms with E-state index in [4.69, 9.17) is 10.00 Å². The van der Waals surface area contributed by atoms with Gasteiger partial charge in [-0.05, 0) is 43.3 Å². The molecular weight excluding hydrogens is 323 g/mol. The number of halogens is 1. The second-order valence-corrected chi connectivity index (χ2v) is 4.94. The molecule has 1 amide bonds. The van der Waals surface area contributed by atoms with Gasteiger partial charge in [-0.15, -0.1) is 0 Å². The molecule has 6 heteroatoms. The van der Waals surface area contributed by atoms with E-state index in [1.165, 1.54) is 48.5 Å². The zero-order chi connectivity index (χ0) is 18.2. The average Bonchev–Trinajstić information content (AvgIpc) is 2.61. The summed E-state index contributed by atoms with van der Waals surface area (Å²) in [6, 6.07) is 13.6. The third kappa shape index (κ3) is 4.75. The Hall–Kier alpha value is -3.46. The highest BCUT2D eigenvalue weighted by Gasteiger charge is 2.12. The molecule has 0 aromatic heterocycles. The summed E-state index contributed by atoms with van der Waals surface area (Å²) in [7, 11) is 0. The van der Waals surface area contributed by atoms with Crippen molar-refractivity contribution in [2.24, 2.45) is 0 Å². The van der Waals surface area contributed by atoms with Gasteiger partial charge in [0.1, 0.15) is 17.5 Å². The summed E-state index contributed by atoms with van der Waals surface area (Å²) in [4.78, 5) is 23.7. The largest absolute Gasteiger partial charge is 0.462 e. The first-order chi connectivity index (χ1) is 12.0. The van der Waals surface area contributed by atoms with Gasteiger partial charge in [0.05, 0.1) is 12.2 Å². The third-order valence-electron chi connectivity index (χ3n) is 3.22. The number of nitrogens with one attached hydrogen (secondary N) is 1. The Morgan fingerprint density at radius 3 is 2.48 bits per heavy atom. The molecule has 0 bridgehead atoms. The summed E-state index contributed by atoms with van der Waals surface area (Å²) in [5.74, 6) is -1.66. The van der Waals surface area contributed by atoms with Gasteiger partial charge >= 0.3 is 5.97 Å². The molecule has 1 N–H and O–H groups in total. The molecule has 5 nitrogen and oxygen atoms in total. The van der Waals surface area contributed by atoms with Crippen molar-refractivity contribution in [1.82, 2.24) is 0 Å². The fourth-order valence-electron chi connectivity index (χ4n) is 2.00. The van der Waals surface area contributed by atoms with Crippen LogP contribution in [0.1, 0.15) is 22.8 Å². The number of carbonyl (C=O) groups excluding carboxylic acids is 2. The molecule has 0 aliphatic heterocycles. The lowest BCUT2D eigenvalue weighted by molar-refractivity contribution is -0.112. The predicted molar refractivity (Wildman–Crippen MR) is 91.0 cm³/mol. The minimum Gasteiger partial charge on any atom is -0.462 e. The second kappa shape index (κ2) is 8.41. The highest BCUT2D eigenvalue weighted by Crippen LogP contribution is 2.15. The minimum atomic E-state index is -0.672. The van der Waals surface area contributed by atoms with Gasteiger partial charge in [-0.1, -0.05) is 18.2 Å². The van der Waals surface area contributed by atoms with Gasteiger partial charge in [0, 0.05) is 11.3 Å². The SMILES string of the molecule is CCOC(=O)c1ccc(NC(=O)/C(C#N)=C/c2ccccc2F)cc1. The Bertz CT molecular complexity index is 852. The summed E-state index contributed by atoms with van der Waals surface area (Å²) in [6.45, 7) is 1.97. The maximum atomic E-state index is 13.6. The quantitative estimate of drug-likeness (QED) is 0.514. The first-order valence-electron chi connectivity index (χ1n) is 7.50. The van der Waals surface area contributed by atoms with E-state index in [2.05, 4.69) is 5.32 Å². The van der Waals surface area contributed by atoms with Crippen LogP contribution in [0, 0.1) is 17.1 Å². The Balaban J connectivity index is 2.14. The van der Waals surface area contributed by atoms with Crippen LogP contribution in [-0.2, 0) is 9.53 Å². The van der Waals surface area contributed by atoms with Crippen LogP contribution in [0.3, 0.4) is 0 Å². The van der Waals surface area contributed by atoms with Gasteiger partial charge in [-0.3, -0.25) is 4.79 Å². The number of nitriles is 1. The van der Waals surface area contributed by atoms with Crippen molar-refractivity contribution in [1.29, 1.82) is 5.26 Å². The summed E-state index contributed by atoms with van der Waals surface area (Å²) in [5, 5.41) is 11.7. The number of benzene rings is 2. The van der Waals surface area contributed by atoms with Gasteiger partial charge < -0.3 is 10.1 Å². The van der Waals surface area contributed by atoms with Crippen molar-refractivity contribution < 1.29 is 18.7 Å². The van der Waals surface area contributed by atoms with Crippen LogP contribution in [0.2, 0.25) is 0 Å². The zero-order valence-corrected chi connectivity index (χ0v) is 13.5. The topological polar surface area (TPSA) is 79.2 Å². The number of anilines is 1. The molecule has 0 unspecified atom stereocenters. The number of esters is 1. The first-order valence-corrected chi connectivity index (χ1v) is 7.50. The van der Waals surface area contributed by atoms with E-state index < -0.39 is 17.7 Å². The lowest BCUT2D eigenvalue weighted by Gasteiger charge is -2.06. The number of rotatable bonds is 5. The number of hydrogen-bond acceptors (Lipinski definition) is 4. The normalized spacial score (nSPS) is 10.7. The van der Waals surface area contributed by atoms with Crippen LogP contribution >= 0.6 is 0 Å². The molecule has 0 saturated heterocycles. The lowest BCUT2D eigenvalue weighted by Crippen LogP contribution is -2.13. The maximum Gasteiger partial charge on any atom is 0.338 e. The van der Waals surface area contributed by atoms with Crippen LogP contribution in [0.4, 0.5) is 10.1 Å². The van der Waals surface area contributed by atoms with Crippen LogP contribution in [-0.4, -0.2) is 18.5 Å². The van der Waals surface area contributed by atoms with Gasteiger partial charge in [-0.25, -0.2) is 9.18 Å². The average molecular weight is 338 g/mol. The molecule has 2 aromatic carbocycles. The molecule has 0 aliphatic rings. The van der Waals surface area contributed by atoms with E-state index in [1.807, 2.05) is 0 Å². The van der Waals surface area contributed by atoms with Crippen molar-refractivity contribution in [3.8, 4) is 6.07 Å². The Morgan fingerprint density at radius 1 is 1.20 bits per heavy atom. The smallest absolute Gasteiger partial charge is 0.338 e. The molecule has 2 aromatic rings. The summed E-state index contributed by atoms with van der Waals surface area (Å²) < 4.78 is 18.5. The van der Waals surface area contributed by atoms with E-state index in [9.17, 15) is 14.0 Å². The predicted octanol–water partition coefficient (Wildman–Crippen LogP) is 3.55. The van der Waals surface area contributed by atoms with E-state index >= 15 is 0 Å². The first kappa shape index (κ1) is 17.9. The highest BCUT2D eigenvalue weighted by molar-refractivity contribution is 6.09. The molecule has 0 aliphatic carbocycles. The Kier molecular flexibility index (Phi) is 6.02. The minimum absolute atomic E-state index is 0.145. The van der Waals surface area contributed by atoms with Crippen LogP contribution in [0.5, 0.6) is 0 Å². The number of nitrogens with zero attached hydrogens (tertiary/aromatic N) is 1. The third-order valence-corrected chi connectivity index (χ3v) is 3.22. The van der Waals surface area contributed by atoms with Gasteiger partial charge in [-0.2, -0.15) is 5.26 Å². The number of carbonyl (C=O) groups is 2. The number of ether oxygens (including phenoxy) is 1. The van der Waals surface area contributed by atoms with Crippen molar-refractivity contribution in [2.45, 2.75) is 6.92 Å². The van der Waals surface area contributed by atoms with E-state index in [1.54, 1.807) is 19.1 Å². The molecule has 0 atom stereocenters. The lowest BCUT2D eigenvalue weighted by atomic mass is 10.1. The van der Waals surface area contributed by atoms with E-state index in [-0.39, 0.29) is 17.7 Å². The number of amides is 1. The molecule has 2 rings (SSSR count). The van der Waals surface area contributed by atoms with Crippen LogP contribution < -0.4 is 5.32 Å². The maximum absolute atomic E-state index is 13.6. The molecule has 0 fully saturated rings. The highest BCUT2D eigenvalue weighted by atomic mass is 19.1. The molecule has 0 spiro atoms. The van der Waals surface area contributed by atoms with E-state index in [0.717, 1.165) is 0 Å². The van der Waals surface area contributed by atoms with Crippen molar-refractivity contribution in [3.05, 3.63) is 71.0 Å². The van der Waals surface area contributed by atoms with Crippen LogP contribution in [0.25, 0.3) is 6.08 Å². The molecule has 0 radical (unpaired) electrons. The fourth-order valence-corrected chi connectivity index (χ4v) is 2.00. The molecule has 0 saturated carbocycles. The van der Waals surface area contributed by atoms with Gasteiger partial charge in [0.15, 0.2) is 0 Å². The van der Waals surface area contributed by atoms with E-state index in [0.29, 0.717) is 11.3 Å². The summed E-state index contributed by atoms with van der Waals surface area (Å²) in [6.07, 6.45) is 1.18. The Morgan fingerprint density at radius 2 is 1.88 bits per heavy atom. The zero-order valence-electron chi connectivity index (χ0n) is 13.5. The fraction of sp³-hybridized carbons (Fsp3) is 0.105. The van der Waals surface area contributed by atoms with Crippen molar-refractivity contribution in [2.75, 3.05) is 11.9 Å². The standard InChI is InChI=1S/C19H15FN2O3/c1-2-25-19(24)13-7-9-16(10-8-13)22-18(23)15(12-21)11-14-5-3-4-6-17(14)20/h3-11H,2H2,1H3,(H,22,23)/b15-11+. The van der Waals surface area contributed by atoms with Crippen molar-refractivity contribution in [3.63, 3.8) is 0 Å². The van der Waals surface area contributed by atoms with Gasteiger partial charge in [0.25, 0.3) is 5.91 Å². The summed E-state index contributed by atoms with van der Waals surface area (Å²) in [5.41, 5.74) is 0.654. The molecule has 0 heterocycles. The van der Waals surface area contributed by atoms with Crippen LogP contribution in [0.15, 0.2) is 54.1 Å². The monoisotopic (exact) mass is 338 g/mol. The molecular formula is C19H15FN2O3. The molecule has 25 heavy (non-hydrogen) atoms.